The maximum atomic E-state index is 14.4. The minimum Gasteiger partial charge on any atom is -0.273 e. The van der Waals surface area contributed by atoms with Crippen LogP contribution < -0.4 is 9.96 Å². The van der Waals surface area contributed by atoms with Crippen LogP contribution in [0.2, 0.25) is 0 Å². The molecular weight excluding hydrogens is 417 g/mol. The first-order valence-electron chi connectivity index (χ1n) is 9.85. The maximum absolute atomic E-state index is 14.4. The molecule has 2 aliphatic rings. The molecule has 0 aromatic heterocycles. The Morgan fingerprint density at radius 3 is 2.25 bits per heavy atom. The van der Waals surface area contributed by atoms with Gasteiger partial charge in [0.15, 0.2) is 6.10 Å². The van der Waals surface area contributed by atoms with E-state index < -0.39 is 40.6 Å². The number of hydrogen-bond donors (Lipinski definition) is 0. The van der Waals surface area contributed by atoms with Crippen LogP contribution in [0.15, 0.2) is 78.9 Å². The zero-order valence-corrected chi connectivity index (χ0v) is 16.5. The van der Waals surface area contributed by atoms with Crippen molar-refractivity contribution in [2.45, 2.75) is 12.1 Å². The van der Waals surface area contributed by atoms with Gasteiger partial charge in [-0.3, -0.25) is 24.5 Å². The quantitative estimate of drug-likeness (QED) is 0.353. The largest absolute Gasteiger partial charge is 0.274 e. The summed E-state index contributed by atoms with van der Waals surface area (Å²) in [5, 5.41) is 13.1. The van der Waals surface area contributed by atoms with E-state index in [1.807, 2.05) is 0 Å². The van der Waals surface area contributed by atoms with E-state index in [4.69, 9.17) is 4.84 Å². The molecule has 160 valence electrons. The molecule has 0 radical (unpaired) electrons. The molecule has 2 aliphatic heterocycles. The van der Waals surface area contributed by atoms with Gasteiger partial charge in [0.05, 0.1) is 21.9 Å². The van der Waals surface area contributed by atoms with Crippen LogP contribution in [0.4, 0.5) is 21.5 Å². The van der Waals surface area contributed by atoms with Crippen molar-refractivity contribution in [3.8, 4) is 0 Å². The Bertz CT molecular complexity index is 1240. The van der Waals surface area contributed by atoms with Crippen molar-refractivity contribution in [1.82, 2.24) is 0 Å². The third-order valence-electron chi connectivity index (χ3n) is 5.67. The molecule has 2 amide bonds. The summed E-state index contributed by atoms with van der Waals surface area (Å²) in [6.45, 7) is 0. The van der Waals surface area contributed by atoms with Crippen LogP contribution in [-0.4, -0.2) is 22.8 Å². The second-order valence-electron chi connectivity index (χ2n) is 7.44. The lowest BCUT2D eigenvalue weighted by atomic mass is 9.89. The number of rotatable bonds is 4. The number of amides is 2. The average Bonchev–Trinajstić information content (AvgIpc) is 3.31. The van der Waals surface area contributed by atoms with Crippen molar-refractivity contribution in [3.63, 3.8) is 0 Å². The number of carbonyl (C=O) groups is 2. The van der Waals surface area contributed by atoms with Gasteiger partial charge in [0.1, 0.15) is 17.8 Å². The molecule has 9 heteroatoms. The second-order valence-corrected chi connectivity index (χ2v) is 7.44. The summed E-state index contributed by atoms with van der Waals surface area (Å²) >= 11 is 0. The standard InChI is InChI=1S/C23H16FN3O5/c24-16-11-5-7-13-18(16)25-22(28)19-20(15-10-4-6-12-17(15)27(30)31)26(32-21(19)23(25)29)14-8-2-1-3-9-14/h1-13,19-21H/t19-,20-,21-/m1/s1. The summed E-state index contributed by atoms with van der Waals surface area (Å²) in [4.78, 5) is 44.5. The predicted octanol–water partition coefficient (Wildman–Crippen LogP) is 3.79. The third kappa shape index (κ3) is 2.94. The fourth-order valence-electron chi connectivity index (χ4n) is 4.30. The van der Waals surface area contributed by atoms with E-state index in [1.54, 1.807) is 36.4 Å². The molecule has 0 N–H and O–H groups in total. The molecule has 0 aliphatic carbocycles. The summed E-state index contributed by atoms with van der Waals surface area (Å²) in [7, 11) is 0. The van der Waals surface area contributed by atoms with Crippen LogP contribution in [0.5, 0.6) is 0 Å². The van der Waals surface area contributed by atoms with E-state index in [1.165, 1.54) is 41.5 Å². The van der Waals surface area contributed by atoms with Gasteiger partial charge < -0.3 is 0 Å². The smallest absolute Gasteiger partial charge is 0.273 e. The lowest BCUT2D eigenvalue weighted by Gasteiger charge is -2.28. The molecule has 32 heavy (non-hydrogen) atoms. The zero-order valence-electron chi connectivity index (χ0n) is 16.5. The molecule has 0 spiro atoms. The van der Waals surface area contributed by atoms with E-state index in [-0.39, 0.29) is 16.9 Å². The highest BCUT2D eigenvalue weighted by atomic mass is 19.1. The number of imide groups is 1. The molecule has 8 nitrogen and oxygen atoms in total. The molecule has 5 rings (SSSR count). The van der Waals surface area contributed by atoms with Crippen LogP contribution in [0.3, 0.4) is 0 Å². The summed E-state index contributed by atoms with van der Waals surface area (Å²) in [6.07, 6.45) is -1.24. The van der Waals surface area contributed by atoms with Crippen LogP contribution >= 0.6 is 0 Å². The lowest BCUT2D eigenvalue weighted by molar-refractivity contribution is -0.385. The van der Waals surface area contributed by atoms with Crippen LogP contribution in [0.25, 0.3) is 0 Å². The van der Waals surface area contributed by atoms with E-state index in [2.05, 4.69) is 0 Å². The van der Waals surface area contributed by atoms with Crippen LogP contribution in [0.1, 0.15) is 11.6 Å². The van der Waals surface area contributed by atoms with Crippen molar-refractivity contribution in [3.05, 3.63) is 100 Å². The topological polar surface area (TPSA) is 93.0 Å². The normalized spacial score (nSPS) is 22.3. The van der Waals surface area contributed by atoms with E-state index >= 15 is 0 Å². The summed E-state index contributed by atoms with van der Waals surface area (Å²) in [5.74, 6) is -3.21. The van der Waals surface area contributed by atoms with Crippen molar-refractivity contribution < 1.29 is 23.7 Å². The van der Waals surface area contributed by atoms with Crippen molar-refractivity contribution in [2.75, 3.05) is 9.96 Å². The first kappa shape index (κ1) is 19.8. The number of anilines is 2. The fourth-order valence-corrected chi connectivity index (χ4v) is 4.30. The highest BCUT2D eigenvalue weighted by Gasteiger charge is 2.61. The average molecular weight is 433 g/mol. The number of benzene rings is 3. The number of nitro groups is 1. The van der Waals surface area contributed by atoms with Gasteiger partial charge in [-0.05, 0) is 30.3 Å². The number of hydroxylamine groups is 1. The lowest BCUT2D eigenvalue weighted by Crippen LogP contribution is -2.38. The molecule has 2 fully saturated rings. The van der Waals surface area contributed by atoms with Gasteiger partial charge in [0.25, 0.3) is 11.6 Å². The molecule has 0 saturated carbocycles. The molecular formula is C23H16FN3O5. The summed E-state index contributed by atoms with van der Waals surface area (Å²) in [6, 6.07) is 19.2. The Morgan fingerprint density at radius 2 is 1.53 bits per heavy atom. The molecule has 3 aromatic carbocycles. The van der Waals surface area contributed by atoms with Gasteiger partial charge in [-0.1, -0.05) is 42.5 Å². The zero-order chi connectivity index (χ0) is 22.4. The number of nitrogens with zero attached hydrogens (tertiary/aromatic N) is 3. The number of carbonyl (C=O) groups excluding carboxylic acids is 2. The molecule has 2 heterocycles. The Morgan fingerprint density at radius 1 is 0.875 bits per heavy atom. The molecule has 0 bridgehead atoms. The highest BCUT2D eigenvalue weighted by Crippen LogP contribution is 2.49. The molecule has 0 unspecified atom stereocenters. The monoisotopic (exact) mass is 433 g/mol. The van der Waals surface area contributed by atoms with E-state index in [9.17, 15) is 24.1 Å². The predicted molar refractivity (Wildman–Crippen MR) is 112 cm³/mol. The number of hydrogen-bond acceptors (Lipinski definition) is 6. The second kappa shape index (κ2) is 7.54. The van der Waals surface area contributed by atoms with Gasteiger partial charge in [-0.25, -0.2) is 14.4 Å². The first-order chi connectivity index (χ1) is 15.5. The number of fused-ring (bicyclic) bond motifs is 1. The van der Waals surface area contributed by atoms with Crippen LogP contribution in [0, 0.1) is 21.8 Å². The van der Waals surface area contributed by atoms with Gasteiger partial charge in [0, 0.05) is 6.07 Å². The summed E-state index contributed by atoms with van der Waals surface area (Å²) < 4.78 is 14.4. The number of nitro benzene ring substituents is 1. The van der Waals surface area contributed by atoms with Crippen molar-refractivity contribution in [2.24, 2.45) is 5.92 Å². The van der Waals surface area contributed by atoms with Gasteiger partial charge >= 0.3 is 0 Å². The Kier molecular flexibility index (Phi) is 4.67. The maximum Gasteiger partial charge on any atom is 0.274 e. The number of halogens is 1. The van der Waals surface area contributed by atoms with E-state index in [0.717, 1.165) is 11.0 Å². The molecule has 2 saturated heterocycles. The Hall–Kier alpha value is -4.11. The third-order valence-corrected chi connectivity index (χ3v) is 5.67. The molecule has 3 aromatic rings. The minimum absolute atomic E-state index is 0.173. The molecule has 3 atom stereocenters. The van der Waals surface area contributed by atoms with Crippen LogP contribution in [-0.2, 0) is 14.4 Å². The Balaban J connectivity index is 1.65. The van der Waals surface area contributed by atoms with E-state index in [0.29, 0.717) is 5.69 Å². The van der Waals surface area contributed by atoms with Gasteiger partial charge in [-0.15, -0.1) is 0 Å². The Labute approximate surface area is 181 Å². The summed E-state index contributed by atoms with van der Waals surface area (Å²) in [5.41, 5.74) is 0.383. The SMILES string of the molecule is O=C1[C@@H]2[C@@H](c3ccccc3[N+](=O)[O-])N(c3ccccc3)O[C@H]2C(=O)N1c1ccccc1F. The highest BCUT2D eigenvalue weighted by molar-refractivity contribution is 6.24. The number of para-hydroxylation sites is 3. The minimum atomic E-state index is -1.24. The first-order valence-corrected chi connectivity index (χ1v) is 9.85. The van der Waals surface area contributed by atoms with Crippen molar-refractivity contribution >= 4 is 28.9 Å². The van der Waals surface area contributed by atoms with Gasteiger partial charge in [-0.2, -0.15) is 0 Å². The van der Waals surface area contributed by atoms with Crippen molar-refractivity contribution in [1.29, 1.82) is 0 Å². The van der Waals surface area contributed by atoms with Gasteiger partial charge in [0.2, 0.25) is 5.91 Å². The fraction of sp³-hybridized carbons (Fsp3) is 0.130.